The Morgan fingerprint density at radius 3 is 0.500 bits per heavy atom. The minimum absolute atomic E-state index is 0.0147. The third-order valence-corrected chi connectivity index (χ3v) is 15.6. The van der Waals surface area contributed by atoms with Crippen molar-refractivity contribution in [1.82, 2.24) is 0 Å². The van der Waals surface area contributed by atoms with Gasteiger partial charge in [-0.3, -0.25) is 43.2 Å². The molecule has 0 radical (unpaired) electrons. The van der Waals surface area contributed by atoms with E-state index in [-0.39, 0.29) is 289 Å². The largest absolute Gasteiger partial charge is 0.469 e. The number of esters is 5. The second-order valence-corrected chi connectivity index (χ2v) is 26.2. The van der Waals surface area contributed by atoms with Gasteiger partial charge in [0.05, 0.1) is 212 Å². The first kappa shape index (κ1) is 127. The number of carbonyl (C=O) groups excluding carboxylic acids is 21. The molecule has 0 amide bonds. The number of Topliss-reactive ketones (excluding diaryl/α,β-unsaturated/α-hetero) is 4. The number of ether oxygens (including phenoxy) is 21. The second-order valence-electron chi connectivity index (χ2n) is 26.2. The Balaban J connectivity index is -0.00000134. The maximum atomic E-state index is 14.3. The maximum Gasteiger partial charge on any atom is 0.373 e. The van der Waals surface area contributed by atoms with Gasteiger partial charge in [-0.05, 0) is 44.9 Å². The van der Waals surface area contributed by atoms with Gasteiger partial charge >= 0.3 is 66.8 Å². The predicted molar refractivity (Wildman–Crippen MR) is 409 cm³/mol. The molecule has 0 saturated heterocycles. The summed E-state index contributed by atoms with van der Waals surface area (Å²) in [6, 6.07) is 0. The van der Waals surface area contributed by atoms with E-state index in [9.17, 15) is 43.2 Å². The lowest BCUT2D eigenvalue weighted by Crippen LogP contribution is -2.46. The van der Waals surface area contributed by atoms with Crippen LogP contribution in [-0.2, 0) is 200 Å². The molecule has 0 bridgehead atoms. The van der Waals surface area contributed by atoms with Crippen LogP contribution >= 0.6 is 0 Å². The highest BCUT2D eigenvalue weighted by atomic mass is 16.6. The molecule has 0 aromatic heterocycles. The van der Waals surface area contributed by atoms with Crippen LogP contribution in [0.5, 0.6) is 0 Å². The van der Waals surface area contributed by atoms with Crippen LogP contribution in [0.1, 0.15) is 177 Å². The zero-order valence-electron chi connectivity index (χ0n) is 73.1. The molecule has 0 aliphatic rings. The molecule has 42 nitrogen and oxygen atoms in total. The topological polar surface area (TPSA) is 552 Å². The van der Waals surface area contributed by atoms with E-state index in [0.29, 0.717) is 71.7 Å². The van der Waals surface area contributed by atoms with Gasteiger partial charge in [0.2, 0.25) is 0 Å². The Morgan fingerprint density at radius 2 is 0.336 bits per heavy atom. The van der Waals surface area contributed by atoms with Gasteiger partial charge in [-0.25, -0.2) is 0 Å². The molecule has 0 saturated carbocycles. The van der Waals surface area contributed by atoms with Gasteiger partial charge in [0.15, 0.2) is 0 Å². The quantitative estimate of drug-likeness (QED) is 0.0475. The van der Waals surface area contributed by atoms with E-state index in [2.05, 4.69) is 0 Å². The minimum atomic E-state index is -1.41. The molecule has 704 valence electrons. The molecule has 0 spiro atoms. The zero-order chi connectivity index (χ0) is 93.7. The standard InChI is InChI=1S/C74H132O30.6CO2/c1-13-29-89-53-71(101-33-17-5,54-90-30-14-2)45-61(75)20-36-93-49-70(50-94-37-21-62(76)46-72(102-34-18-6,55-91-31-15-3)57-97-40-24-65(79)84-8,51-95-38-22-63(77)47-73(103-35-19-7,58-98-41-25-66(80)85-9)59-99-42-26-67(81)86-10)52-96-39-23-64(78)48-74(56-92-32-16-4,104-44-28-69(83)88-12)60-100-43-27-68(82)87-11;6*2-1-3/h13-60H2,1-12H3;;;;;;. The highest BCUT2D eigenvalue weighted by Gasteiger charge is 2.40. The van der Waals surface area contributed by atoms with Crippen molar-refractivity contribution in [3.63, 3.8) is 0 Å². The summed E-state index contributed by atoms with van der Waals surface area (Å²) in [7, 11) is 6.30. The molecule has 0 aromatic carbocycles. The van der Waals surface area contributed by atoms with Crippen molar-refractivity contribution in [2.75, 3.05) is 221 Å². The normalized spacial score (nSPS) is 11.9. The zero-order valence-corrected chi connectivity index (χ0v) is 73.1. The smallest absolute Gasteiger partial charge is 0.373 e. The average Bonchev–Trinajstić information content (AvgIpc) is 0.873. The molecule has 0 aromatic rings. The summed E-state index contributed by atoms with van der Waals surface area (Å²) in [5.74, 6) is -3.59. The van der Waals surface area contributed by atoms with Gasteiger partial charge in [0.1, 0.15) is 45.5 Å². The summed E-state index contributed by atoms with van der Waals surface area (Å²) < 4.78 is 123. The van der Waals surface area contributed by atoms with E-state index in [0.717, 1.165) is 12.8 Å². The molecule has 42 heteroatoms. The predicted octanol–water partition coefficient (Wildman–Crippen LogP) is 3.78. The van der Waals surface area contributed by atoms with E-state index in [1.165, 1.54) is 35.5 Å². The molecule has 0 fully saturated rings. The molecule has 3 unspecified atom stereocenters. The van der Waals surface area contributed by atoms with Gasteiger partial charge in [-0.15, -0.1) is 0 Å². The van der Waals surface area contributed by atoms with Gasteiger partial charge in [-0.1, -0.05) is 48.5 Å². The molecule has 0 aliphatic heterocycles. The molecule has 122 heavy (non-hydrogen) atoms. The maximum absolute atomic E-state index is 14.3. The highest BCUT2D eigenvalue weighted by molar-refractivity contribution is 5.81. The van der Waals surface area contributed by atoms with Crippen LogP contribution in [-0.4, -0.2) is 333 Å². The first-order valence-electron chi connectivity index (χ1n) is 39.5. The first-order valence-corrected chi connectivity index (χ1v) is 39.5. The third-order valence-electron chi connectivity index (χ3n) is 15.6. The van der Waals surface area contributed by atoms with Crippen LogP contribution in [0.4, 0.5) is 0 Å². The Kier molecular flexibility index (Phi) is 95.5. The fourth-order valence-corrected chi connectivity index (χ4v) is 10.1. The van der Waals surface area contributed by atoms with E-state index >= 15 is 0 Å². The SMILES string of the molecule is CCCOCC(COCCC)(CC(=O)CCOCC(COCCC(=O)CC(COCCC)(COCCC(=O)OC)OCCC)(COCCC(=O)CC(COCCC(=O)OC)(COCCC(=O)OC)OCCC)COCCC(=O)CC(COCCC)(COCCC(=O)OC)OCCC(=O)OC)OCCC.O=C=O.O=C=O.O=C=O.O=C=O.O=C=O.O=C=O. The third kappa shape index (κ3) is 78.9. The van der Waals surface area contributed by atoms with Crippen molar-refractivity contribution in [2.24, 2.45) is 5.41 Å². The number of rotatable bonds is 77. The van der Waals surface area contributed by atoms with Crippen molar-refractivity contribution in [3.8, 4) is 0 Å². The van der Waals surface area contributed by atoms with Crippen molar-refractivity contribution >= 4 is 89.9 Å². The molecule has 0 rings (SSSR count). The highest BCUT2D eigenvalue weighted by Crippen LogP contribution is 2.28. The van der Waals surface area contributed by atoms with Crippen LogP contribution in [0.15, 0.2) is 0 Å². The Hall–Kier alpha value is -8.33. The van der Waals surface area contributed by atoms with Crippen LogP contribution in [0, 0.1) is 5.41 Å². The van der Waals surface area contributed by atoms with Crippen molar-refractivity contribution in [2.45, 2.75) is 199 Å². The molecule has 0 N–H and O–H groups in total. The van der Waals surface area contributed by atoms with Crippen LogP contribution < -0.4 is 0 Å². The lowest BCUT2D eigenvalue weighted by molar-refractivity contribution is -0.193. The second kappa shape index (κ2) is 91.9. The fraction of sp³-hybridized carbons (Fsp3) is 0.812. The lowest BCUT2D eigenvalue weighted by Gasteiger charge is -2.34. The van der Waals surface area contributed by atoms with Gasteiger partial charge in [0, 0.05) is 97.6 Å². The van der Waals surface area contributed by atoms with E-state index in [4.69, 9.17) is 157 Å². The van der Waals surface area contributed by atoms with Gasteiger partial charge in [-0.2, -0.15) is 57.5 Å². The minimum Gasteiger partial charge on any atom is -0.469 e. The average molecular weight is 1770 g/mol. The summed E-state index contributed by atoms with van der Waals surface area (Å²) in [5, 5.41) is 0. The van der Waals surface area contributed by atoms with E-state index in [1.54, 1.807) is 0 Å². The number of ketones is 4. The number of hydrogen-bond acceptors (Lipinski definition) is 42. The monoisotopic (exact) mass is 1760 g/mol. The van der Waals surface area contributed by atoms with Crippen LogP contribution in [0.2, 0.25) is 0 Å². The summed E-state index contributed by atoms with van der Waals surface area (Å²) >= 11 is 0. The van der Waals surface area contributed by atoms with Crippen molar-refractivity contribution in [1.29, 1.82) is 0 Å². The van der Waals surface area contributed by atoms with Crippen molar-refractivity contribution in [3.05, 3.63) is 0 Å². The fourth-order valence-electron chi connectivity index (χ4n) is 10.1. The molecule has 0 heterocycles. The van der Waals surface area contributed by atoms with Gasteiger partial charge in [0.25, 0.3) is 0 Å². The molecule has 3 atom stereocenters. The lowest BCUT2D eigenvalue weighted by atomic mass is 9.91. The first-order chi connectivity index (χ1) is 58.6. The molecular weight excluding hydrogens is 1630 g/mol. The molecule has 0 aliphatic carbocycles. The van der Waals surface area contributed by atoms with Gasteiger partial charge < -0.3 is 99.5 Å². The van der Waals surface area contributed by atoms with Crippen molar-refractivity contribution < 1.29 is 200 Å². The summed E-state index contributed by atoms with van der Waals surface area (Å²) in [6.07, 6.45) is 4.78. The number of methoxy groups -OCH3 is 5. The van der Waals surface area contributed by atoms with E-state index < -0.39 is 57.7 Å². The Bertz CT molecular complexity index is 2740. The molecular formula is C80H132O42. The summed E-state index contributed by atoms with van der Waals surface area (Å²) in [5.41, 5.74) is -6.30. The summed E-state index contributed by atoms with van der Waals surface area (Å²) in [6.45, 7) is 14.2. The number of carbonyl (C=O) groups is 9. The van der Waals surface area contributed by atoms with Crippen LogP contribution in [0.25, 0.3) is 0 Å². The Labute approximate surface area is 712 Å². The Morgan fingerprint density at radius 1 is 0.197 bits per heavy atom. The van der Waals surface area contributed by atoms with Crippen LogP contribution in [0.3, 0.4) is 0 Å². The summed E-state index contributed by atoms with van der Waals surface area (Å²) in [4.78, 5) is 215. The van der Waals surface area contributed by atoms with E-state index in [1.807, 2.05) is 48.5 Å². The number of hydrogen-bond donors (Lipinski definition) is 0.